The Morgan fingerprint density at radius 2 is 1.89 bits per heavy atom. The van der Waals surface area contributed by atoms with Crippen LogP contribution in [0.4, 0.5) is 4.79 Å². The van der Waals surface area contributed by atoms with Crippen LogP contribution in [0.15, 0.2) is 0 Å². The lowest BCUT2D eigenvalue weighted by Crippen LogP contribution is -2.52. The molecule has 5 atom stereocenters. The van der Waals surface area contributed by atoms with E-state index in [9.17, 15) is 9.90 Å². The molecular weight excluding hydrogens is 244 g/mol. The molecule has 3 rings (SSSR count). The van der Waals surface area contributed by atoms with Gasteiger partial charge in [0.2, 0.25) is 0 Å². The predicted octanol–water partition coefficient (Wildman–Crippen LogP) is 1.16. The van der Waals surface area contributed by atoms with Gasteiger partial charge in [-0.15, -0.1) is 0 Å². The Kier molecular flexibility index (Phi) is 3.93. The highest BCUT2D eigenvalue weighted by Crippen LogP contribution is 2.34. The first kappa shape index (κ1) is 13.2. The zero-order valence-corrected chi connectivity index (χ0v) is 11.3. The summed E-state index contributed by atoms with van der Waals surface area (Å²) >= 11 is 0. The molecule has 1 saturated carbocycles. The van der Waals surface area contributed by atoms with E-state index >= 15 is 0 Å². The molecule has 5 nitrogen and oxygen atoms in total. The van der Waals surface area contributed by atoms with Crippen LogP contribution in [0.5, 0.6) is 0 Å². The number of hydrogen-bond donors (Lipinski definition) is 3. The summed E-state index contributed by atoms with van der Waals surface area (Å²) in [7, 11) is 0. The quantitative estimate of drug-likeness (QED) is 0.719. The summed E-state index contributed by atoms with van der Waals surface area (Å²) in [5, 5.41) is 15.4. The van der Waals surface area contributed by atoms with Gasteiger partial charge in [-0.2, -0.15) is 0 Å². The third-order valence-electron chi connectivity index (χ3n) is 4.88. The van der Waals surface area contributed by atoms with Crippen molar-refractivity contribution in [2.75, 3.05) is 6.61 Å². The van der Waals surface area contributed by atoms with Gasteiger partial charge in [0.25, 0.3) is 0 Å². The lowest BCUT2D eigenvalue weighted by Gasteiger charge is -2.31. The van der Waals surface area contributed by atoms with E-state index in [1.54, 1.807) is 0 Å². The van der Waals surface area contributed by atoms with E-state index in [1.165, 1.54) is 0 Å². The first-order valence-corrected chi connectivity index (χ1v) is 7.59. The normalized spacial score (nSPS) is 41.2. The summed E-state index contributed by atoms with van der Waals surface area (Å²) in [5.74, 6) is 0.218. The van der Waals surface area contributed by atoms with Gasteiger partial charge in [0, 0.05) is 18.6 Å². The van der Waals surface area contributed by atoms with Crippen molar-refractivity contribution >= 4 is 6.03 Å². The Labute approximate surface area is 114 Å². The topological polar surface area (TPSA) is 70.6 Å². The predicted molar refractivity (Wildman–Crippen MR) is 70.8 cm³/mol. The van der Waals surface area contributed by atoms with Gasteiger partial charge >= 0.3 is 6.03 Å². The number of urea groups is 1. The van der Waals surface area contributed by atoms with Crippen LogP contribution in [0, 0.1) is 5.92 Å². The number of ether oxygens (including phenoxy) is 1. The Hall–Kier alpha value is -0.810. The number of fused-ring (bicyclic) bond motifs is 2. The van der Waals surface area contributed by atoms with Gasteiger partial charge in [0.05, 0.1) is 18.2 Å². The number of amides is 2. The average molecular weight is 268 g/mol. The summed E-state index contributed by atoms with van der Waals surface area (Å²) < 4.78 is 5.74. The number of aliphatic hydroxyl groups is 1. The highest BCUT2D eigenvalue weighted by atomic mass is 16.5. The van der Waals surface area contributed by atoms with E-state index < -0.39 is 0 Å². The van der Waals surface area contributed by atoms with Crippen LogP contribution in [-0.4, -0.2) is 42.0 Å². The number of carbonyl (C=O) groups is 1. The van der Waals surface area contributed by atoms with Crippen LogP contribution in [0.25, 0.3) is 0 Å². The highest BCUT2D eigenvalue weighted by molar-refractivity contribution is 5.74. The standard InChI is InChI=1S/C14H24N2O3/c17-8-9-3-1-2-4-11(9)15-14(18)16-12-7-10-5-6-13(12)19-10/h9-13,17H,1-8H2,(H2,15,16,18). The smallest absolute Gasteiger partial charge is 0.315 e. The number of rotatable bonds is 3. The number of carbonyl (C=O) groups excluding carboxylic acids is 1. The monoisotopic (exact) mass is 268 g/mol. The Morgan fingerprint density at radius 1 is 1.11 bits per heavy atom. The Balaban J connectivity index is 1.48. The Morgan fingerprint density at radius 3 is 2.58 bits per heavy atom. The van der Waals surface area contributed by atoms with E-state index in [-0.39, 0.29) is 36.7 Å². The first-order valence-electron chi connectivity index (χ1n) is 7.59. The zero-order chi connectivity index (χ0) is 13.2. The molecule has 2 amide bonds. The van der Waals surface area contributed by atoms with Crippen LogP contribution in [0.1, 0.15) is 44.9 Å². The molecule has 3 N–H and O–H groups in total. The van der Waals surface area contributed by atoms with Crippen LogP contribution in [-0.2, 0) is 4.74 Å². The largest absolute Gasteiger partial charge is 0.396 e. The third kappa shape index (κ3) is 2.87. The number of nitrogens with one attached hydrogen (secondary N) is 2. The second kappa shape index (κ2) is 5.67. The lowest BCUT2D eigenvalue weighted by molar-refractivity contribution is 0.0976. The SMILES string of the molecule is O=C(NC1CCCCC1CO)NC1CC2CCC1O2. The molecule has 5 unspecified atom stereocenters. The minimum atomic E-state index is -0.0912. The van der Waals surface area contributed by atoms with Crippen molar-refractivity contribution in [1.29, 1.82) is 0 Å². The summed E-state index contributed by atoms with van der Waals surface area (Å²) in [5.41, 5.74) is 0. The van der Waals surface area contributed by atoms with Gasteiger partial charge in [-0.1, -0.05) is 12.8 Å². The van der Waals surface area contributed by atoms with E-state index in [2.05, 4.69) is 10.6 Å². The lowest BCUT2D eigenvalue weighted by atomic mass is 9.85. The van der Waals surface area contributed by atoms with E-state index in [0.29, 0.717) is 6.10 Å². The van der Waals surface area contributed by atoms with Crippen molar-refractivity contribution in [3.8, 4) is 0 Å². The van der Waals surface area contributed by atoms with Gasteiger partial charge in [-0.25, -0.2) is 4.79 Å². The minimum absolute atomic E-state index is 0.0912. The van der Waals surface area contributed by atoms with E-state index in [0.717, 1.165) is 44.9 Å². The molecule has 2 heterocycles. The molecule has 0 aromatic heterocycles. The fourth-order valence-corrected chi connectivity index (χ4v) is 3.78. The van der Waals surface area contributed by atoms with E-state index in [4.69, 9.17) is 4.74 Å². The summed E-state index contributed by atoms with van der Waals surface area (Å²) in [4.78, 5) is 12.0. The molecule has 0 aromatic carbocycles. The van der Waals surface area contributed by atoms with Crippen molar-refractivity contribution in [3.63, 3.8) is 0 Å². The number of hydrogen-bond acceptors (Lipinski definition) is 3. The maximum atomic E-state index is 12.0. The molecule has 2 aliphatic heterocycles. The maximum Gasteiger partial charge on any atom is 0.315 e. The minimum Gasteiger partial charge on any atom is -0.396 e. The second-order valence-electron chi connectivity index (χ2n) is 6.17. The van der Waals surface area contributed by atoms with Crippen LogP contribution < -0.4 is 10.6 Å². The molecule has 0 radical (unpaired) electrons. The fourth-order valence-electron chi connectivity index (χ4n) is 3.78. The van der Waals surface area contributed by atoms with Crippen LogP contribution in [0.3, 0.4) is 0 Å². The van der Waals surface area contributed by atoms with Crippen molar-refractivity contribution in [1.82, 2.24) is 10.6 Å². The average Bonchev–Trinajstić information content (AvgIpc) is 3.01. The van der Waals surface area contributed by atoms with Gasteiger partial charge in [-0.05, 0) is 32.1 Å². The molecule has 19 heavy (non-hydrogen) atoms. The second-order valence-corrected chi connectivity index (χ2v) is 6.17. The van der Waals surface area contributed by atoms with Gasteiger partial charge in [0.15, 0.2) is 0 Å². The Bertz CT molecular complexity index is 337. The molecular formula is C14H24N2O3. The fraction of sp³-hybridized carbons (Fsp3) is 0.929. The number of aliphatic hydroxyl groups excluding tert-OH is 1. The third-order valence-corrected chi connectivity index (χ3v) is 4.88. The van der Waals surface area contributed by atoms with Gasteiger partial charge < -0.3 is 20.5 Å². The van der Waals surface area contributed by atoms with Crippen LogP contribution in [0.2, 0.25) is 0 Å². The van der Waals surface area contributed by atoms with E-state index in [1.807, 2.05) is 0 Å². The van der Waals surface area contributed by atoms with Gasteiger partial charge in [0.1, 0.15) is 0 Å². The molecule has 108 valence electrons. The molecule has 0 spiro atoms. The zero-order valence-electron chi connectivity index (χ0n) is 11.3. The highest BCUT2D eigenvalue weighted by Gasteiger charge is 2.41. The van der Waals surface area contributed by atoms with Crippen molar-refractivity contribution in [2.24, 2.45) is 5.92 Å². The van der Waals surface area contributed by atoms with Crippen molar-refractivity contribution in [2.45, 2.75) is 69.2 Å². The summed E-state index contributed by atoms with van der Waals surface area (Å²) in [6, 6.07) is 0.208. The summed E-state index contributed by atoms with van der Waals surface area (Å²) in [6.45, 7) is 0.169. The molecule has 3 aliphatic rings. The summed E-state index contributed by atoms with van der Waals surface area (Å²) in [6.07, 6.45) is 8.02. The molecule has 5 heteroatoms. The molecule has 2 bridgehead atoms. The van der Waals surface area contributed by atoms with Crippen molar-refractivity contribution < 1.29 is 14.6 Å². The molecule has 2 saturated heterocycles. The molecule has 1 aliphatic carbocycles. The van der Waals surface area contributed by atoms with Crippen molar-refractivity contribution in [3.05, 3.63) is 0 Å². The molecule has 0 aromatic rings. The van der Waals surface area contributed by atoms with Crippen LogP contribution >= 0.6 is 0 Å². The maximum absolute atomic E-state index is 12.0. The van der Waals surface area contributed by atoms with Gasteiger partial charge in [-0.3, -0.25) is 0 Å². The molecule has 3 fully saturated rings. The first-order chi connectivity index (χ1) is 9.26.